The molecule has 1 aliphatic heterocycles. The molecule has 0 aromatic carbocycles. The first-order valence-corrected chi connectivity index (χ1v) is 7.99. The van der Waals surface area contributed by atoms with E-state index in [4.69, 9.17) is 11.6 Å². The Morgan fingerprint density at radius 3 is 2.86 bits per heavy atom. The van der Waals surface area contributed by atoms with Gasteiger partial charge >= 0.3 is 0 Å². The Kier molecular flexibility index (Phi) is 5.27. The van der Waals surface area contributed by atoms with Crippen molar-refractivity contribution in [3.8, 4) is 0 Å². The molecule has 1 fully saturated rings. The van der Waals surface area contributed by atoms with E-state index in [1.54, 1.807) is 11.7 Å². The Morgan fingerprint density at radius 2 is 2.24 bits per heavy atom. The number of aromatic nitrogens is 2. The van der Waals surface area contributed by atoms with Crippen molar-refractivity contribution in [1.29, 1.82) is 0 Å². The first kappa shape index (κ1) is 16.3. The second-order valence-electron chi connectivity index (χ2n) is 6.15. The van der Waals surface area contributed by atoms with E-state index in [-0.39, 0.29) is 11.8 Å². The number of aryl methyl sites for hydroxylation is 1. The SMILES string of the molecule is CNC[C@H]1CCCN(C(=O)c2c(C(C)C)nn(C)c2Cl)C1. The average molecular weight is 313 g/mol. The van der Waals surface area contributed by atoms with E-state index in [9.17, 15) is 4.79 Å². The third-order valence-electron chi connectivity index (χ3n) is 4.06. The second-order valence-corrected chi connectivity index (χ2v) is 6.50. The summed E-state index contributed by atoms with van der Waals surface area (Å²) >= 11 is 6.31. The number of rotatable bonds is 4. The number of likely N-dealkylation sites (tertiary alicyclic amines) is 1. The largest absolute Gasteiger partial charge is 0.338 e. The Morgan fingerprint density at radius 1 is 1.52 bits per heavy atom. The molecule has 1 amide bonds. The van der Waals surface area contributed by atoms with Gasteiger partial charge in [0.2, 0.25) is 0 Å². The molecule has 1 saturated heterocycles. The summed E-state index contributed by atoms with van der Waals surface area (Å²) < 4.78 is 1.60. The fraction of sp³-hybridized carbons (Fsp3) is 0.733. The summed E-state index contributed by atoms with van der Waals surface area (Å²) in [5.74, 6) is 0.726. The summed E-state index contributed by atoms with van der Waals surface area (Å²) in [7, 11) is 3.74. The van der Waals surface area contributed by atoms with E-state index >= 15 is 0 Å². The quantitative estimate of drug-likeness (QED) is 0.928. The van der Waals surface area contributed by atoms with Crippen molar-refractivity contribution in [2.24, 2.45) is 13.0 Å². The first-order valence-electron chi connectivity index (χ1n) is 7.62. The van der Waals surface area contributed by atoms with Crippen molar-refractivity contribution in [3.63, 3.8) is 0 Å². The molecular weight excluding hydrogens is 288 g/mol. The lowest BCUT2D eigenvalue weighted by atomic mass is 9.97. The van der Waals surface area contributed by atoms with E-state index < -0.39 is 0 Å². The van der Waals surface area contributed by atoms with Crippen LogP contribution in [0.5, 0.6) is 0 Å². The number of carbonyl (C=O) groups is 1. The number of piperidine rings is 1. The molecule has 2 rings (SSSR count). The predicted octanol–water partition coefficient (Wildman–Crippen LogP) is 2.27. The molecule has 1 aromatic rings. The molecule has 118 valence electrons. The van der Waals surface area contributed by atoms with Gasteiger partial charge in [0.25, 0.3) is 5.91 Å². The number of halogens is 1. The Hall–Kier alpha value is -1.07. The van der Waals surface area contributed by atoms with Crippen molar-refractivity contribution >= 4 is 17.5 Å². The third kappa shape index (κ3) is 3.40. The molecule has 0 saturated carbocycles. The third-order valence-corrected chi connectivity index (χ3v) is 4.50. The highest BCUT2D eigenvalue weighted by Gasteiger charge is 2.30. The fourth-order valence-corrected chi connectivity index (χ4v) is 3.20. The van der Waals surface area contributed by atoms with Crippen LogP contribution in [-0.4, -0.2) is 47.3 Å². The molecular formula is C15H25ClN4O. The van der Waals surface area contributed by atoms with E-state index in [2.05, 4.69) is 10.4 Å². The highest BCUT2D eigenvalue weighted by atomic mass is 35.5. The molecule has 0 spiro atoms. The fourth-order valence-electron chi connectivity index (χ4n) is 2.99. The molecule has 0 aliphatic carbocycles. The van der Waals surface area contributed by atoms with Gasteiger partial charge in [0.05, 0.1) is 11.3 Å². The maximum atomic E-state index is 12.9. The topological polar surface area (TPSA) is 50.2 Å². The van der Waals surface area contributed by atoms with Crippen molar-refractivity contribution < 1.29 is 4.79 Å². The lowest BCUT2D eigenvalue weighted by molar-refractivity contribution is 0.0673. The molecule has 0 unspecified atom stereocenters. The molecule has 2 heterocycles. The molecule has 5 nitrogen and oxygen atoms in total. The van der Waals surface area contributed by atoms with Gasteiger partial charge in [0.1, 0.15) is 5.15 Å². The summed E-state index contributed by atoms with van der Waals surface area (Å²) in [5.41, 5.74) is 1.38. The standard InChI is InChI=1S/C15H25ClN4O/c1-10(2)13-12(14(16)19(4)18-13)15(21)20-7-5-6-11(9-20)8-17-3/h10-11,17H,5-9H2,1-4H3/t11-/m1/s1. The van der Waals surface area contributed by atoms with Crippen molar-refractivity contribution in [1.82, 2.24) is 20.0 Å². The van der Waals surface area contributed by atoms with Crippen LogP contribution in [0.1, 0.15) is 48.7 Å². The molecule has 1 N–H and O–H groups in total. The van der Waals surface area contributed by atoms with Crippen molar-refractivity contribution in [2.45, 2.75) is 32.6 Å². The Labute approximate surface area is 131 Å². The number of hydrogen-bond donors (Lipinski definition) is 1. The van der Waals surface area contributed by atoms with Crippen molar-refractivity contribution in [3.05, 3.63) is 16.4 Å². The van der Waals surface area contributed by atoms with Gasteiger partial charge in [-0.2, -0.15) is 5.10 Å². The molecule has 0 bridgehead atoms. The molecule has 21 heavy (non-hydrogen) atoms. The second kappa shape index (κ2) is 6.79. The molecule has 1 atom stereocenters. The highest BCUT2D eigenvalue weighted by Crippen LogP contribution is 2.28. The van der Waals surface area contributed by atoms with Crippen LogP contribution in [0.2, 0.25) is 5.15 Å². The van der Waals surface area contributed by atoms with Crippen LogP contribution in [0.15, 0.2) is 0 Å². The molecule has 1 aromatic heterocycles. The monoisotopic (exact) mass is 312 g/mol. The summed E-state index contributed by atoms with van der Waals surface area (Å²) in [6.45, 7) is 6.62. The number of amides is 1. The number of nitrogens with zero attached hydrogens (tertiary/aromatic N) is 3. The van der Waals surface area contributed by atoms with Gasteiger partial charge < -0.3 is 10.2 Å². The summed E-state index contributed by atoms with van der Waals surface area (Å²) in [5, 5.41) is 8.05. The zero-order valence-electron chi connectivity index (χ0n) is 13.3. The first-order chi connectivity index (χ1) is 9.95. The van der Waals surface area contributed by atoms with Crippen LogP contribution >= 0.6 is 11.6 Å². The van der Waals surface area contributed by atoms with Crippen LogP contribution < -0.4 is 5.32 Å². The minimum absolute atomic E-state index is 0.0256. The van der Waals surface area contributed by atoms with E-state index in [1.165, 1.54) is 6.42 Å². The van der Waals surface area contributed by atoms with Gasteiger partial charge in [0.15, 0.2) is 0 Å². The number of nitrogens with one attached hydrogen (secondary N) is 1. The maximum absolute atomic E-state index is 12.9. The zero-order valence-corrected chi connectivity index (χ0v) is 14.1. The summed E-state index contributed by atoms with van der Waals surface area (Å²) in [6.07, 6.45) is 2.22. The molecule has 0 radical (unpaired) electrons. The highest BCUT2D eigenvalue weighted by molar-refractivity contribution is 6.33. The van der Waals surface area contributed by atoms with Gasteiger partial charge in [-0.3, -0.25) is 9.48 Å². The summed E-state index contributed by atoms with van der Waals surface area (Å²) in [4.78, 5) is 14.8. The minimum atomic E-state index is 0.0256. The predicted molar refractivity (Wildman–Crippen MR) is 84.9 cm³/mol. The lowest BCUT2D eigenvalue weighted by Gasteiger charge is -2.33. The number of carbonyl (C=O) groups excluding carboxylic acids is 1. The van der Waals surface area contributed by atoms with Gasteiger partial charge in [-0.1, -0.05) is 25.4 Å². The van der Waals surface area contributed by atoms with Crippen LogP contribution in [0.4, 0.5) is 0 Å². The Bertz CT molecular complexity index is 510. The van der Waals surface area contributed by atoms with Gasteiger partial charge in [-0.15, -0.1) is 0 Å². The Balaban J connectivity index is 2.23. The van der Waals surface area contributed by atoms with Crippen LogP contribution in [0, 0.1) is 5.92 Å². The smallest absolute Gasteiger partial charge is 0.258 e. The maximum Gasteiger partial charge on any atom is 0.258 e. The zero-order chi connectivity index (χ0) is 15.6. The minimum Gasteiger partial charge on any atom is -0.338 e. The van der Waals surface area contributed by atoms with E-state index in [0.29, 0.717) is 16.6 Å². The average Bonchev–Trinajstić information content (AvgIpc) is 2.75. The van der Waals surface area contributed by atoms with Gasteiger partial charge in [0, 0.05) is 20.1 Å². The van der Waals surface area contributed by atoms with E-state index in [0.717, 1.165) is 31.7 Å². The van der Waals surface area contributed by atoms with Crippen LogP contribution in [0.3, 0.4) is 0 Å². The van der Waals surface area contributed by atoms with Crippen LogP contribution in [0.25, 0.3) is 0 Å². The molecule has 1 aliphatic rings. The normalized spacial score (nSPS) is 19.3. The lowest BCUT2D eigenvalue weighted by Crippen LogP contribution is -2.42. The van der Waals surface area contributed by atoms with Gasteiger partial charge in [-0.05, 0) is 38.3 Å². The molecule has 6 heteroatoms. The van der Waals surface area contributed by atoms with Gasteiger partial charge in [-0.25, -0.2) is 0 Å². The van der Waals surface area contributed by atoms with Crippen LogP contribution in [-0.2, 0) is 7.05 Å². The van der Waals surface area contributed by atoms with E-state index in [1.807, 2.05) is 25.8 Å². The summed E-state index contributed by atoms with van der Waals surface area (Å²) in [6, 6.07) is 0. The number of hydrogen-bond acceptors (Lipinski definition) is 3. The van der Waals surface area contributed by atoms with Crippen molar-refractivity contribution in [2.75, 3.05) is 26.7 Å².